The van der Waals surface area contributed by atoms with Crippen LogP contribution in [-0.2, 0) is 7.05 Å². The van der Waals surface area contributed by atoms with Gasteiger partial charge in [-0.05, 0) is 85.3 Å². The lowest BCUT2D eigenvalue weighted by Crippen LogP contribution is -2.20. The second-order valence-electron chi connectivity index (χ2n) is 8.86. The number of aryl methyl sites for hydroxylation is 1. The number of rotatable bonds is 7. The number of anilines is 6. The first kappa shape index (κ1) is 22.6. The molecule has 0 bridgehead atoms. The average Bonchev–Trinajstić information content (AvgIpc) is 3.50. The molecule has 0 aliphatic carbocycles. The monoisotopic (exact) mass is 467 g/mol. The van der Waals surface area contributed by atoms with Crippen LogP contribution in [0, 0.1) is 0 Å². The summed E-state index contributed by atoms with van der Waals surface area (Å²) in [5, 5.41) is 19.5. The number of hydrogen-bond donors (Lipinski definition) is 4. The molecule has 3 aromatic carbocycles. The molecule has 1 aliphatic heterocycles. The Labute approximate surface area is 205 Å². The van der Waals surface area contributed by atoms with Crippen LogP contribution in [-0.4, -0.2) is 34.8 Å². The van der Waals surface area contributed by atoms with Crippen LogP contribution in [0.4, 0.5) is 34.1 Å². The fourth-order valence-electron chi connectivity index (χ4n) is 4.18. The van der Waals surface area contributed by atoms with Crippen molar-refractivity contribution in [3.63, 3.8) is 0 Å². The van der Waals surface area contributed by atoms with Crippen molar-refractivity contribution in [2.75, 3.05) is 33.9 Å². The number of carbonyl (C=O) groups excluding carboxylic acids is 1. The van der Waals surface area contributed by atoms with E-state index in [4.69, 9.17) is 0 Å². The lowest BCUT2D eigenvalue weighted by atomic mass is 10.2. The molecule has 1 unspecified atom stereocenters. The largest absolute Gasteiger partial charge is 0.391 e. The van der Waals surface area contributed by atoms with Crippen molar-refractivity contribution in [1.29, 1.82) is 0 Å². The molecule has 7 heteroatoms. The van der Waals surface area contributed by atoms with Gasteiger partial charge in [-0.25, -0.2) is 0 Å². The predicted octanol–water partition coefficient (Wildman–Crippen LogP) is 5.34. The topological polar surface area (TPSA) is 81.6 Å². The van der Waals surface area contributed by atoms with Crippen LogP contribution in [0.25, 0.3) is 0 Å². The van der Waals surface area contributed by atoms with Gasteiger partial charge in [-0.15, -0.1) is 0 Å². The summed E-state index contributed by atoms with van der Waals surface area (Å²) in [6, 6.07) is 25.8. The van der Waals surface area contributed by atoms with Crippen LogP contribution in [0.15, 0.2) is 91.3 Å². The maximum atomic E-state index is 12.3. The number of hydrogen-bond acceptors (Lipinski definition) is 5. The van der Waals surface area contributed by atoms with E-state index in [1.165, 1.54) is 0 Å². The van der Waals surface area contributed by atoms with Crippen molar-refractivity contribution in [3.05, 3.63) is 96.8 Å². The summed E-state index contributed by atoms with van der Waals surface area (Å²) in [4.78, 5) is 14.5. The van der Waals surface area contributed by atoms with Crippen LogP contribution in [0.2, 0.25) is 0 Å². The van der Waals surface area contributed by atoms with Crippen LogP contribution in [0.5, 0.6) is 0 Å². The molecule has 1 aliphatic rings. The van der Waals surface area contributed by atoms with E-state index in [1.807, 2.05) is 66.3 Å². The summed E-state index contributed by atoms with van der Waals surface area (Å²) in [5.41, 5.74) is 6.44. The standard InChI is InChI=1S/C28H29N5O2/c1-32-16-14-20(18-32)28(35)31-25-8-6-23(7-9-25)29-21-2-4-22(5-3-21)30-24-10-12-26(13-11-24)33-17-15-27(34)19-33/h2-14,16,18,27,29-30,34H,15,17,19H2,1H3,(H,31,35). The van der Waals surface area contributed by atoms with E-state index in [-0.39, 0.29) is 12.0 Å². The number of carbonyl (C=O) groups is 1. The van der Waals surface area contributed by atoms with E-state index in [0.717, 1.165) is 47.1 Å². The number of benzene rings is 3. The van der Waals surface area contributed by atoms with Gasteiger partial charge in [-0.3, -0.25) is 4.79 Å². The third kappa shape index (κ3) is 5.65. The Balaban J connectivity index is 1.14. The first-order chi connectivity index (χ1) is 17.0. The third-order valence-corrected chi connectivity index (χ3v) is 6.09. The number of aliphatic hydroxyl groups excluding tert-OH is 1. The zero-order valence-corrected chi connectivity index (χ0v) is 19.6. The Morgan fingerprint density at radius 3 is 1.77 bits per heavy atom. The minimum absolute atomic E-state index is 0.126. The van der Waals surface area contributed by atoms with E-state index in [1.54, 1.807) is 12.3 Å². The summed E-state index contributed by atoms with van der Waals surface area (Å²) in [5.74, 6) is -0.126. The maximum Gasteiger partial charge on any atom is 0.257 e. The van der Waals surface area contributed by atoms with Gasteiger partial charge in [-0.2, -0.15) is 0 Å². The maximum absolute atomic E-state index is 12.3. The molecule has 4 N–H and O–H groups in total. The molecular formula is C28H29N5O2. The van der Waals surface area contributed by atoms with Crippen LogP contribution in [0.1, 0.15) is 16.8 Å². The summed E-state index contributed by atoms with van der Waals surface area (Å²) in [6.07, 6.45) is 4.24. The van der Waals surface area contributed by atoms with Gasteiger partial charge in [0.15, 0.2) is 0 Å². The fourth-order valence-corrected chi connectivity index (χ4v) is 4.18. The lowest BCUT2D eigenvalue weighted by molar-refractivity contribution is 0.102. The van der Waals surface area contributed by atoms with Crippen molar-refractivity contribution in [2.45, 2.75) is 12.5 Å². The van der Waals surface area contributed by atoms with Gasteiger partial charge < -0.3 is 30.5 Å². The first-order valence-corrected chi connectivity index (χ1v) is 11.7. The lowest BCUT2D eigenvalue weighted by Gasteiger charge is -2.18. The van der Waals surface area contributed by atoms with Crippen LogP contribution < -0.4 is 20.9 Å². The smallest absolute Gasteiger partial charge is 0.257 e. The molecule has 0 spiro atoms. The van der Waals surface area contributed by atoms with E-state index < -0.39 is 0 Å². The molecule has 2 heterocycles. The van der Waals surface area contributed by atoms with Crippen molar-refractivity contribution < 1.29 is 9.90 Å². The van der Waals surface area contributed by atoms with Crippen molar-refractivity contribution >= 4 is 40.0 Å². The Morgan fingerprint density at radius 1 is 0.800 bits per heavy atom. The SMILES string of the molecule is Cn1ccc(C(=O)Nc2ccc(Nc3ccc(Nc4ccc(N5CCC(O)C5)cc4)cc3)cc2)c1. The molecule has 0 saturated carbocycles. The molecule has 178 valence electrons. The zero-order chi connectivity index (χ0) is 24.2. The second kappa shape index (κ2) is 9.95. The van der Waals surface area contributed by atoms with Crippen LogP contribution >= 0.6 is 0 Å². The average molecular weight is 468 g/mol. The Morgan fingerprint density at radius 2 is 1.31 bits per heavy atom. The van der Waals surface area contributed by atoms with E-state index in [2.05, 4.69) is 45.1 Å². The predicted molar refractivity (Wildman–Crippen MR) is 142 cm³/mol. The number of β-amino-alcohol motifs (C(OH)–C–C–N with tert-alkyl or cyclic N) is 1. The summed E-state index contributed by atoms with van der Waals surface area (Å²) in [6.45, 7) is 1.60. The molecule has 0 radical (unpaired) electrons. The van der Waals surface area contributed by atoms with Gasteiger partial charge in [0.1, 0.15) is 0 Å². The summed E-state index contributed by atoms with van der Waals surface area (Å²) >= 11 is 0. The summed E-state index contributed by atoms with van der Waals surface area (Å²) < 4.78 is 1.85. The van der Waals surface area contributed by atoms with Crippen molar-refractivity contribution in [3.8, 4) is 0 Å². The molecule has 1 saturated heterocycles. The number of aliphatic hydroxyl groups is 1. The quantitative estimate of drug-likeness (QED) is 0.295. The molecule has 7 nitrogen and oxygen atoms in total. The van der Waals surface area contributed by atoms with Gasteiger partial charge in [0.05, 0.1) is 11.7 Å². The van der Waals surface area contributed by atoms with Gasteiger partial charge in [0.25, 0.3) is 5.91 Å². The molecule has 1 fully saturated rings. The normalized spacial score (nSPS) is 15.1. The van der Waals surface area contributed by atoms with Gasteiger partial charge in [0, 0.05) is 66.7 Å². The highest BCUT2D eigenvalue weighted by Crippen LogP contribution is 2.26. The fraction of sp³-hybridized carbons (Fsp3) is 0.179. The van der Waals surface area contributed by atoms with E-state index in [9.17, 15) is 9.90 Å². The Bertz CT molecular complexity index is 1280. The van der Waals surface area contributed by atoms with Gasteiger partial charge in [-0.1, -0.05) is 0 Å². The Hall–Kier alpha value is -4.23. The van der Waals surface area contributed by atoms with Crippen LogP contribution in [0.3, 0.4) is 0 Å². The molecule has 1 amide bonds. The minimum Gasteiger partial charge on any atom is -0.391 e. The highest BCUT2D eigenvalue weighted by Gasteiger charge is 2.20. The second-order valence-corrected chi connectivity index (χ2v) is 8.86. The first-order valence-electron chi connectivity index (χ1n) is 11.7. The molecule has 5 rings (SSSR count). The molecular weight excluding hydrogens is 438 g/mol. The number of nitrogens with zero attached hydrogens (tertiary/aromatic N) is 2. The highest BCUT2D eigenvalue weighted by molar-refractivity contribution is 6.04. The molecule has 4 aromatic rings. The number of aromatic nitrogens is 1. The summed E-state index contributed by atoms with van der Waals surface area (Å²) in [7, 11) is 1.89. The highest BCUT2D eigenvalue weighted by atomic mass is 16.3. The van der Waals surface area contributed by atoms with Gasteiger partial charge in [0.2, 0.25) is 0 Å². The minimum atomic E-state index is -0.224. The van der Waals surface area contributed by atoms with E-state index in [0.29, 0.717) is 12.1 Å². The van der Waals surface area contributed by atoms with Crippen molar-refractivity contribution in [2.24, 2.45) is 7.05 Å². The number of nitrogens with one attached hydrogen (secondary N) is 3. The van der Waals surface area contributed by atoms with Gasteiger partial charge >= 0.3 is 0 Å². The molecule has 35 heavy (non-hydrogen) atoms. The third-order valence-electron chi connectivity index (χ3n) is 6.09. The number of amides is 1. The van der Waals surface area contributed by atoms with E-state index >= 15 is 0 Å². The zero-order valence-electron chi connectivity index (χ0n) is 19.6. The Kier molecular flexibility index (Phi) is 6.41. The molecule has 1 atom stereocenters. The van der Waals surface area contributed by atoms with Crippen molar-refractivity contribution in [1.82, 2.24) is 4.57 Å². The molecule has 1 aromatic heterocycles.